The molecule has 8 heteroatoms. The number of benzene rings is 4. The van der Waals surface area contributed by atoms with Crippen molar-refractivity contribution in [1.82, 2.24) is 4.98 Å². The number of hydrogen-bond acceptors (Lipinski definition) is 6. The number of fused-ring (bicyclic) bond motifs is 1. The van der Waals surface area contributed by atoms with Crippen LogP contribution in [-0.4, -0.2) is 21.8 Å². The molecule has 1 aliphatic heterocycles. The van der Waals surface area contributed by atoms with Gasteiger partial charge in [0, 0.05) is 10.6 Å². The van der Waals surface area contributed by atoms with Gasteiger partial charge >= 0.3 is 5.91 Å². The van der Waals surface area contributed by atoms with Crippen molar-refractivity contribution in [2.45, 2.75) is 26.5 Å². The Bertz CT molecular complexity index is 1810. The highest BCUT2D eigenvalue weighted by molar-refractivity contribution is 7.22. The summed E-state index contributed by atoms with van der Waals surface area (Å²) in [5, 5.41) is 12.3. The summed E-state index contributed by atoms with van der Waals surface area (Å²) in [6, 6.07) is 26.7. The van der Waals surface area contributed by atoms with Gasteiger partial charge in [0.15, 0.2) is 5.13 Å². The number of nitrogens with zero attached hydrogens (tertiary/aromatic N) is 2. The van der Waals surface area contributed by atoms with Crippen molar-refractivity contribution in [3.63, 3.8) is 0 Å². The molecule has 5 aromatic rings. The standard InChI is InChI=1S/C33H25ClN2O4S/c1-19-16-20(2)28-26(17-19)41-33(35-28)36-29(22-10-14-25(15-11-22)40-18-21-6-4-3-5-7-21)27(31(38)32(36)39)30(37)23-8-12-24(34)13-9-23/h3-17,29,37H,18H2,1-2H3. The number of carbonyl (C=O) groups is 2. The fourth-order valence-corrected chi connectivity index (χ4v) is 6.35. The second kappa shape index (κ2) is 10.8. The van der Waals surface area contributed by atoms with E-state index in [4.69, 9.17) is 21.3 Å². The van der Waals surface area contributed by atoms with Gasteiger partial charge in [-0.3, -0.25) is 14.5 Å². The molecular formula is C33H25ClN2O4S. The van der Waals surface area contributed by atoms with Gasteiger partial charge in [-0.1, -0.05) is 71.5 Å². The number of hydrogen-bond donors (Lipinski definition) is 1. The number of anilines is 1. The molecule has 0 aliphatic carbocycles. The van der Waals surface area contributed by atoms with Gasteiger partial charge in [0.1, 0.15) is 18.1 Å². The van der Waals surface area contributed by atoms with Gasteiger partial charge in [0.2, 0.25) is 0 Å². The van der Waals surface area contributed by atoms with Crippen molar-refractivity contribution >= 4 is 55.7 Å². The fourth-order valence-electron chi connectivity index (χ4n) is 5.06. The minimum atomic E-state index is -0.893. The third-order valence-corrected chi connectivity index (χ3v) is 8.28. The zero-order valence-corrected chi connectivity index (χ0v) is 23.9. The maximum Gasteiger partial charge on any atom is 0.301 e. The Balaban J connectivity index is 1.44. The molecule has 0 saturated carbocycles. The topological polar surface area (TPSA) is 79.7 Å². The summed E-state index contributed by atoms with van der Waals surface area (Å²) in [5.41, 5.74) is 4.89. The first-order chi connectivity index (χ1) is 19.8. The summed E-state index contributed by atoms with van der Waals surface area (Å²) in [6.45, 7) is 4.38. The number of Topliss-reactive ketones (excluding diaryl/α,β-unsaturated/α-hetero) is 1. The van der Waals surface area contributed by atoms with Crippen LogP contribution in [0.2, 0.25) is 5.02 Å². The Hall–Kier alpha value is -4.46. The minimum absolute atomic E-state index is 0.0116. The van der Waals surface area contributed by atoms with Crippen molar-refractivity contribution in [2.75, 3.05) is 4.90 Å². The molecule has 1 saturated heterocycles. The van der Waals surface area contributed by atoms with Crippen molar-refractivity contribution in [1.29, 1.82) is 0 Å². The van der Waals surface area contributed by atoms with Gasteiger partial charge in [-0.2, -0.15) is 0 Å². The molecule has 0 radical (unpaired) electrons. The van der Waals surface area contributed by atoms with E-state index < -0.39 is 17.7 Å². The average Bonchev–Trinajstić information content (AvgIpc) is 3.51. The van der Waals surface area contributed by atoms with Crippen molar-refractivity contribution in [3.8, 4) is 5.75 Å². The van der Waals surface area contributed by atoms with E-state index in [-0.39, 0.29) is 11.3 Å². The third kappa shape index (κ3) is 5.10. The predicted octanol–water partition coefficient (Wildman–Crippen LogP) is 7.77. The Labute approximate surface area is 246 Å². The van der Waals surface area contributed by atoms with E-state index in [0.717, 1.165) is 26.9 Å². The van der Waals surface area contributed by atoms with Gasteiger partial charge in [0.05, 0.1) is 21.8 Å². The molecule has 1 aliphatic rings. The van der Waals surface area contributed by atoms with Gasteiger partial charge < -0.3 is 9.84 Å². The number of carbonyl (C=O) groups excluding carboxylic acids is 2. The lowest BCUT2D eigenvalue weighted by molar-refractivity contribution is -0.132. The van der Waals surface area contributed by atoms with E-state index in [1.807, 2.05) is 68.4 Å². The van der Waals surface area contributed by atoms with Crippen LogP contribution in [0.1, 0.15) is 33.9 Å². The number of aliphatic hydroxyl groups is 1. The molecule has 41 heavy (non-hydrogen) atoms. The summed E-state index contributed by atoms with van der Waals surface area (Å²) in [4.78, 5) is 33.3. The zero-order valence-electron chi connectivity index (χ0n) is 22.3. The van der Waals surface area contributed by atoms with Crippen LogP contribution in [0, 0.1) is 13.8 Å². The highest BCUT2D eigenvalue weighted by Gasteiger charge is 2.48. The minimum Gasteiger partial charge on any atom is -0.507 e. The molecule has 1 atom stereocenters. The number of thiazole rings is 1. The summed E-state index contributed by atoms with van der Waals surface area (Å²) >= 11 is 7.39. The van der Waals surface area contributed by atoms with Crippen LogP contribution in [0.3, 0.4) is 0 Å². The molecular weight excluding hydrogens is 556 g/mol. The van der Waals surface area contributed by atoms with Crippen LogP contribution in [-0.2, 0) is 16.2 Å². The largest absolute Gasteiger partial charge is 0.507 e. The molecule has 4 aromatic carbocycles. The highest BCUT2D eigenvalue weighted by atomic mass is 35.5. The Kier molecular flexibility index (Phi) is 7.07. The second-order valence-corrected chi connectivity index (χ2v) is 11.4. The van der Waals surface area contributed by atoms with E-state index >= 15 is 0 Å². The van der Waals surface area contributed by atoms with Crippen LogP contribution in [0.5, 0.6) is 5.75 Å². The van der Waals surface area contributed by atoms with E-state index in [9.17, 15) is 14.7 Å². The predicted molar refractivity (Wildman–Crippen MR) is 163 cm³/mol. The van der Waals surface area contributed by atoms with Crippen LogP contribution in [0.25, 0.3) is 16.0 Å². The van der Waals surface area contributed by atoms with Gasteiger partial charge in [-0.15, -0.1) is 0 Å². The van der Waals surface area contributed by atoms with Gasteiger partial charge in [-0.25, -0.2) is 4.98 Å². The Morgan fingerprint density at radius 3 is 2.39 bits per heavy atom. The van der Waals surface area contributed by atoms with E-state index in [2.05, 4.69) is 0 Å². The smallest absolute Gasteiger partial charge is 0.301 e. The summed E-state index contributed by atoms with van der Waals surface area (Å²) in [5.74, 6) is -1.16. The number of rotatable bonds is 6. The molecule has 2 heterocycles. The summed E-state index contributed by atoms with van der Waals surface area (Å²) in [7, 11) is 0. The number of amides is 1. The maximum atomic E-state index is 13.6. The molecule has 1 unspecified atom stereocenters. The van der Waals surface area contributed by atoms with Crippen molar-refractivity contribution < 1.29 is 19.4 Å². The molecule has 1 aromatic heterocycles. The average molecular weight is 581 g/mol. The first kappa shape index (κ1) is 26.7. The van der Waals surface area contributed by atoms with Crippen molar-refractivity contribution in [2.24, 2.45) is 0 Å². The number of aromatic nitrogens is 1. The SMILES string of the molecule is Cc1cc(C)c2nc(N3C(=O)C(=O)C(=C(O)c4ccc(Cl)cc4)C3c3ccc(OCc4ccccc4)cc3)sc2c1. The van der Waals surface area contributed by atoms with Crippen LogP contribution in [0.4, 0.5) is 5.13 Å². The number of ether oxygens (including phenoxy) is 1. The molecule has 0 spiro atoms. The molecule has 6 rings (SSSR count). The highest BCUT2D eigenvalue weighted by Crippen LogP contribution is 2.45. The Morgan fingerprint density at radius 1 is 0.976 bits per heavy atom. The van der Waals surface area contributed by atoms with Crippen molar-refractivity contribution in [3.05, 3.63) is 129 Å². The lowest BCUT2D eigenvalue weighted by atomic mass is 9.95. The lowest BCUT2D eigenvalue weighted by Gasteiger charge is -2.23. The fraction of sp³-hybridized carbons (Fsp3) is 0.121. The van der Waals surface area contributed by atoms with Crippen LogP contribution < -0.4 is 9.64 Å². The zero-order chi connectivity index (χ0) is 28.7. The van der Waals surface area contributed by atoms with Gasteiger partial charge in [-0.05, 0) is 78.6 Å². The lowest BCUT2D eigenvalue weighted by Crippen LogP contribution is -2.29. The first-order valence-corrected chi connectivity index (χ1v) is 14.2. The second-order valence-electron chi connectivity index (χ2n) is 9.94. The summed E-state index contributed by atoms with van der Waals surface area (Å²) in [6.07, 6.45) is 0. The van der Waals surface area contributed by atoms with Crippen LogP contribution >= 0.6 is 22.9 Å². The number of aryl methyl sites for hydroxylation is 2. The van der Waals surface area contributed by atoms with E-state index in [0.29, 0.717) is 33.6 Å². The molecule has 1 N–H and O–H groups in total. The normalized spacial score (nSPS) is 16.5. The van der Waals surface area contributed by atoms with E-state index in [1.54, 1.807) is 36.4 Å². The maximum absolute atomic E-state index is 13.6. The molecule has 1 amide bonds. The summed E-state index contributed by atoms with van der Waals surface area (Å²) < 4.78 is 6.87. The first-order valence-electron chi connectivity index (χ1n) is 13.0. The number of ketones is 1. The monoisotopic (exact) mass is 580 g/mol. The molecule has 204 valence electrons. The Morgan fingerprint density at radius 2 is 1.68 bits per heavy atom. The number of aliphatic hydroxyl groups excluding tert-OH is 1. The molecule has 0 bridgehead atoms. The quantitative estimate of drug-likeness (QED) is 0.126. The van der Waals surface area contributed by atoms with Gasteiger partial charge in [0.25, 0.3) is 5.78 Å². The van der Waals surface area contributed by atoms with Crippen LogP contribution in [0.15, 0.2) is 96.6 Å². The molecule has 1 fully saturated rings. The third-order valence-electron chi connectivity index (χ3n) is 7.03. The molecule has 6 nitrogen and oxygen atoms in total. The number of halogens is 1. The van der Waals surface area contributed by atoms with E-state index in [1.165, 1.54) is 16.2 Å².